The van der Waals surface area contributed by atoms with Crippen molar-refractivity contribution in [3.05, 3.63) is 48.2 Å². The maximum absolute atomic E-state index is 12.1. The Morgan fingerprint density at radius 2 is 1.76 bits per heavy atom. The van der Waals surface area contributed by atoms with Gasteiger partial charge in [-0.2, -0.15) is 0 Å². The van der Waals surface area contributed by atoms with Gasteiger partial charge in [-0.15, -0.1) is 0 Å². The second-order valence-electron chi connectivity index (χ2n) is 7.14. The van der Waals surface area contributed by atoms with E-state index in [0.29, 0.717) is 5.56 Å². The highest BCUT2D eigenvalue weighted by Gasteiger charge is 2.51. The molecule has 2 aromatic rings. The van der Waals surface area contributed by atoms with E-state index in [-0.39, 0.29) is 0 Å². The summed E-state index contributed by atoms with van der Waals surface area (Å²) in [4.78, 5) is 16.5. The third-order valence-electron chi connectivity index (χ3n) is 4.86. The number of esters is 1. The molecule has 0 atom stereocenters. The van der Waals surface area contributed by atoms with Gasteiger partial charge >= 0.3 is 13.1 Å². The maximum atomic E-state index is 12.1. The minimum atomic E-state index is -0.558. The number of carbonyl (C=O) groups excluding carboxylic acids is 1. The topological polar surface area (TPSA) is 57.7 Å². The van der Waals surface area contributed by atoms with Gasteiger partial charge < -0.3 is 14.0 Å². The van der Waals surface area contributed by atoms with E-state index in [1.54, 1.807) is 18.3 Å². The van der Waals surface area contributed by atoms with Gasteiger partial charge in [-0.25, -0.2) is 4.79 Å². The number of benzene rings is 1. The van der Waals surface area contributed by atoms with Gasteiger partial charge in [0.15, 0.2) is 0 Å². The van der Waals surface area contributed by atoms with Crippen LogP contribution in [0.2, 0.25) is 0 Å². The predicted molar refractivity (Wildman–Crippen MR) is 96.7 cm³/mol. The van der Waals surface area contributed by atoms with E-state index in [4.69, 9.17) is 14.0 Å². The minimum Gasteiger partial charge on any atom is -0.465 e. The van der Waals surface area contributed by atoms with Gasteiger partial charge in [0, 0.05) is 11.8 Å². The molecule has 1 saturated heterocycles. The van der Waals surface area contributed by atoms with Crippen molar-refractivity contribution in [2.45, 2.75) is 38.9 Å². The first-order valence-electron chi connectivity index (χ1n) is 8.24. The Bertz CT molecular complexity index is 773. The Hall–Kier alpha value is -2.18. The van der Waals surface area contributed by atoms with Crippen LogP contribution in [0.5, 0.6) is 0 Å². The molecule has 0 N–H and O–H groups in total. The zero-order chi connectivity index (χ0) is 18.2. The Balaban J connectivity index is 2.06. The second-order valence-corrected chi connectivity index (χ2v) is 7.14. The molecule has 0 unspecified atom stereocenters. The van der Waals surface area contributed by atoms with Crippen LogP contribution in [0.3, 0.4) is 0 Å². The monoisotopic (exact) mass is 339 g/mol. The molecule has 25 heavy (non-hydrogen) atoms. The van der Waals surface area contributed by atoms with Gasteiger partial charge in [0.25, 0.3) is 0 Å². The van der Waals surface area contributed by atoms with Crippen molar-refractivity contribution >= 4 is 18.6 Å². The van der Waals surface area contributed by atoms with Gasteiger partial charge in [-0.05, 0) is 57.4 Å². The molecule has 1 fully saturated rings. The van der Waals surface area contributed by atoms with Gasteiger partial charge in [-0.1, -0.05) is 12.1 Å². The van der Waals surface area contributed by atoms with Crippen LogP contribution in [0.4, 0.5) is 0 Å². The molecule has 1 aliphatic heterocycles. The lowest BCUT2D eigenvalue weighted by Crippen LogP contribution is -2.41. The Labute approximate surface area is 148 Å². The summed E-state index contributed by atoms with van der Waals surface area (Å²) in [6.45, 7) is 7.99. The molecule has 1 aliphatic rings. The van der Waals surface area contributed by atoms with E-state index >= 15 is 0 Å². The molecule has 0 saturated carbocycles. The molecular weight excluding hydrogens is 317 g/mol. The van der Waals surface area contributed by atoms with Gasteiger partial charge in [0.2, 0.25) is 0 Å². The summed E-state index contributed by atoms with van der Waals surface area (Å²) >= 11 is 0. The zero-order valence-corrected chi connectivity index (χ0v) is 15.2. The normalized spacial score (nSPS) is 18.2. The summed E-state index contributed by atoms with van der Waals surface area (Å²) in [5.74, 6) is -0.407. The molecule has 0 radical (unpaired) electrons. The Kier molecular flexibility index (Phi) is 4.43. The predicted octanol–water partition coefficient (Wildman–Crippen LogP) is 2.83. The zero-order valence-electron chi connectivity index (χ0n) is 15.2. The Morgan fingerprint density at radius 1 is 1.08 bits per heavy atom. The van der Waals surface area contributed by atoms with Crippen LogP contribution < -0.4 is 5.46 Å². The lowest BCUT2D eigenvalue weighted by molar-refractivity contribution is 0.00578. The van der Waals surface area contributed by atoms with E-state index in [0.717, 1.165) is 16.7 Å². The maximum Gasteiger partial charge on any atom is 0.494 e. The number of ether oxygens (including phenoxy) is 1. The summed E-state index contributed by atoms with van der Waals surface area (Å²) in [7, 11) is 0.807. The highest BCUT2D eigenvalue weighted by atomic mass is 16.7. The van der Waals surface area contributed by atoms with E-state index in [1.165, 1.54) is 7.11 Å². The number of hydrogen-bond acceptors (Lipinski definition) is 5. The number of methoxy groups -OCH3 is 1. The molecule has 0 amide bonds. The second kappa shape index (κ2) is 6.28. The molecule has 0 bridgehead atoms. The number of pyridine rings is 1. The van der Waals surface area contributed by atoms with Crippen LogP contribution >= 0.6 is 0 Å². The summed E-state index contributed by atoms with van der Waals surface area (Å²) in [5.41, 5.74) is 1.88. The summed E-state index contributed by atoms with van der Waals surface area (Å²) in [5, 5.41) is 0. The number of nitrogens with zero attached hydrogens (tertiary/aromatic N) is 1. The third kappa shape index (κ3) is 3.32. The first-order chi connectivity index (χ1) is 11.7. The molecule has 5 nitrogen and oxygen atoms in total. The average Bonchev–Trinajstić information content (AvgIpc) is 2.82. The molecule has 2 heterocycles. The smallest absolute Gasteiger partial charge is 0.465 e. The van der Waals surface area contributed by atoms with Crippen molar-refractivity contribution in [2.75, 3.05) is 7.11 Å². The molecule has 130 valence electrons. The van der Waals surface area contributed by atoms with Crippen LogP contribution in [0.15, 0.2) is 42.6 Å². The van der Waals surface area contributed by atoms with E-state index in [9.17, 15) is 4.79 Å². The third-order valence-corrected chi connectivity index (χ3v) is 4.86. The first-order valence-corrected chi connectivity index (χ1v) is 8.24. The molecule has 0 spiro atoms. The highest BCUT2D eigenvalue weighted by Crippen LogP contribution is 2.36. The number of rotatable bonds is 3. The number of aromatic nitrogens is 1. The minimum absolute atomic E-state index is 0.407. The van der Waals surface area contributed by atoms with Crippen molar-refractivity contribution in [2.24, 2.45) is 0 Å². The van der Waals surface area contributed by atoms with E-state index in [1.807, 2.05) is 52.0 Å². The van der Waals surface area contributed by atoms with Crippen LogP contribution in [0, 0.1) is 0 Å². The van der Waals surface area contributed by atoms with Crippen molar-refractivity contribution in [3.8, 4) is 11.3 Å². The first kappa shape index (κ1) is 17.6. The largest absolute Gasteiger partial charge is 0.494 e. The van der Waals surface area contributed by atoms with Crippen molar-refractivity contribution in [1.29, 1.82) is 0 Å². The molecule has 1 aromatic carbocycles. The van der Waals surface area contributed by atoms with Crippen LogP contribution in [-0.4, -0.2) is 36.4 Å². The summed E-state index contributed by atoms with van der Waals surface area (Å²) in [6, 6.07) is 11.1. The van der Waals surface area contributed by atoms with Crippen molar-refractivity contribution in [3.63, 3.8) is 0 Å². The quantitative estimate of drug-likeness (QED) is 0.636. The Morgan fingerprint density at radius 3 is 2.32 bits per heavy atom. The molecule has 1 aromatic heterocycles. The molecule has 0 aliphatic carbocycles. The van der Waals surface area contributed by atoms with E-state index < -0.39 is 24.3 Å². The van der Waals surface area contributed by atoms with Gasteiger partial charge in [0.1, 0.15) is 0 Å². The SMILES string of the molecule is COC(=O)c1cc(B2OC(C)(C)C(C)(C)O2)cc(-c2ccccn2)c1. The number of hydrogen-bond donors (Lipinski definition) is 0. The average molecular weight is 339 g/mol. The van der Waals surface area contributed by atoms with Crippen molar-refractivity contribution in [1.82, 2.24) is 4.98 Å². The van der Waals surface area contributed by atoms with Gasteiger partial charge in [-0.3, -0.25) is 4.98 Å². The van der Waals surface area contributed by atoms with Crippen LogP contribution in [0.25, 0.3) is 11.3 Å². The summed E-state index contributed by atoms with van der Waals surface area (Å²) < 4.78 is 17.1. The van der Waals surface area contributed by atoms with E-state index in [2.05, 4.69) is 4.98 Å². The number of carbonyl (C=O) groups is 1. The van der Waals surface area contributed by atoms with Crippen LogP contribution in [-0.2, 0) is 14.0 Å². The summed E-state index contributed by atoms with van der Waals surface area (Å²) in [6.07, 6.45) is 1.72. The van der Waals surface area contributed by atoms with Crippen LogP contribution in [0.1, 0.15) is 38.1 Å². The molecule has 3 rings (SSSR count). The highest BCUT2D eigenvalue weighted by molar-refractivity contribution is 6.62. The fraction of sp³-hybridized carbons (Fsp3) is 0.368. The lowest BCUT2D eigenvalue weighted by atomic mass is 9.77. The fourth-order valence-corrected chi connectivity index (χ4v) is 2.68. The molecular formula is C19H22BNO4. The standard InChI is InChI=1S/C19H22BNO4/c1-18(2)19(3,4)25-20(24-18)15-11-13(16-8-6-7-9-21-16)10-14(12-15)17(22)23-5/h6-12H,1-5H3. The molecule has 6 heteroatoms. The fourth-order valence-electron chi connectivity index (χ4n) is 2.68. The van der Waals surface area contributed by atoms with Gasteiger partial charge in [0.05, 0.1) is 29.6 Å². The van der Waals surface area contributed by atoms with Crippen molar-refractivity contribution < 1.29 is 18.8 Å². The lowest BCUT2D eigenvalue weighted by Gasteiger charge is -2.32.